The molecule has 1 aromatic rings. The Hall–Kier alpha value is -1.38. The minimum Gasteiger partial charge on any atom is -0.348 e. The lowest BCUT2D eigenvalue weighted by molar-refractivity contribution is 0.0936. The molecular formula is C10H10Cl2N4O. The van der Waals surface area contributed by atoms with Crippen LogP contribution in [0.4, 0.5) is 0 Å². The minimum absolute atomic E-state index is 0.0151. The lowest BCUT2D eigenvalue weighted by Crippen LogP contribution is -2.34. The Morgan fingerprint density at radius 2 is 2.29 bits per heavy atom. The summed E-state index contributed by atoms with van der Waals surface area (Å²) in [7, 11) is 0. The fraction of sp³-hybridized carbons (Fsp3) is 0.400. The maximum atomic E-state index is 11.8. The van der Waals surface area contributed by atoms with E-state index < -0.39 is 5.91 Å². The molecule has 1 aromatic heterocycles. The molecule has 1 N–H and O–H groups in total. The van der Waals surface area contributed by atoms with E-state index in [0.29, 0.717) is 6.42 Å². The number of carbonyl (C=O) groups excluding carboxylic acids is 1. The number of aromatic nitrogens is 2. The van der Waals surface area contributed by atoms with Crippen molar-refractivity contribution in [3.05, 3.63) is 21.9 Å². The fourth-order valence-electron chi connectivity index (χ4n) is 1.18. The topological polar surface area (TPSA) is 78.7 Å². The molecule has 0 aromatic carbocycles. The smallest absolute Gasteiger partial charge is 0.254 e. The molecule has 0 bridgehead atoms. The third-order valence-corrected chi connectivity index (χ3v) is 2.59. The Bertz CT molecular complexity index is 458. The molecule has 1 heterocycles. The highest BCUT2D eigenvalue weighted by atomic mass is 35.5. The quantitative estimate of drug-likeness (QED) is 0.912. The average molecular weight is 273 g/mol. The fourth-order valence-corrected chi connectivity index (χ4v) is 1.51. The second-order valence-corrected chi connectivity index (χ2v) is 4.06. The van der Waals surface area contributed by atoms with Crippen molar-refractivity contribution in [3.63, 3.8) is 0 Å². The summed E-state index contributed by atoms with van der Waals surface area (Å²) in [4.78, 5) is 11.8. The zero-order valence-electron chi connectivity index (χ0n) is 9.07. The molecule has 1 rings (SSSR count). The molecule has 0 aliphatic heterocycles. The molecule has 1 atom stereocenters. The van der Waals surface area contributed by atoms with E-state index in [0.717, 1.165) is 0 Å². The van der Waals surface area contributed by atoms with Crippen molar-refractivity contribution in [3.8, 4) is 6.07 Å². The van der Waals surface area contributed by atoms with Crippen LogP contribution in [0.3, 0.4) is 0 Å². The lowest BCUT2D eigenvalue weighted by Gasteiger charge is -2.13. The summed E-state index contributed by atoms with van der Waals surface area (Å²) in [6.45, 7) is 1.88. The monoisotopic (exact) mass is 272 g/mol. The van der Waals surface area contributed by atoms with Gasteiger partial charge in [0.25, 0.3) is 5.91 Å². The van der Waals surface area contributed by atoms with Gasteiger partial charge in [0.2, 0.25) is 0 Å². The second-order valence-electron chi connectivity index (χ2n) is 3.31. The van der Waals surface area contributed by atoms with Gasteiger partial charge in [-0.05, 0) is 12.5 Å². The van der Waals surface area contributed by atoms with Gasteiger partial charge in [0.05, 0.1) is 18.1 Å². The lowest BCUT2D eigenvalue weighted by atomic mass is 10.1. The number of carbonyl (C=O) groups is 1. The van der Waals surface area contributed by atoms with Crippen LogP contribution in [-0.2, 0) is 0 Å². The van der Waals surface area contributed by atoms with Crippen molar-refractivity contribution in [1.29, 1.82) is 5.26 Å². The summed E-state index contributed by atoms with van der Waals surface area (Å²) < 4.78 is 0. The maximum absolute atomic E-state index is 11.8. The highest BCUT2D eigenvalue weighted by Gasteiger charge is 2.16. The van der Waals surface area contributed by atoms with E-state index in [4.69, 9.17) is 28.5 Å². The van der Waals surface area contributed by atoms with Gasteiger partial charge in [-0.15, -0.1) is 10.2 Å². The Balaban J connectivity index is 2.82. The summed E-state index contributed by atoms with van der Waals surface area (Å²) in [6.07, 6.45) is 0.898. The average Bonchev–Trinajstić information content (AvgIpc) is 2.31. The van der Waals surface area contributed by atoms with Gasteiger partial charge in [0, 0.05) is 6.04 Å². The van der Waals surface area contributed by atoms with Gasteiger partial charge < -0.3 is 5.32 Å². The third-order valence-electron chi connectivity index (χ3n) is 2.13. The molecule has 1 amide bonds. The molecule has 7 heteroatoms. The van der Waals surface area contributed by atoms with Gasteiger partial charge >= 0.3 is 0 Å². The van der Waals surface area contributed by atoms with Crippen LogP contribution in [0.15, 0.2) is 6.07 Å². The second kappa shape index (κ2) is 6.38. The molecule has 0 saturated heterocycles. The minimum atomic E-state index is -0.408. The number of rotatable bonds is 4. The first-order chi connectivity index (χ1) is 8.08. The molecule has 0 fully saturated rings. The van der Waals surface area contributed by atoms with Crippen molar-refractivity contribution >= 4 is 29.1 Å². The van der Waals surface area contributed by atoms with E-state index >= 15 is 0 Å². The highest BCUT2D eigenvalue weighted by molar-refractivity contribution is 6.34. The number of nitrogens with zero attached hydrogens (tertiary/aromatic N) is 3. The van der Waals surface area contributed by atoms with E-state index in [2.05, 4.69) is 15.5 Å². The Morgan fingerprint density at radius 3 is 2.88 bits per heavy atom. The molecule has 1 unspecified atom stereocenters. The predicted octanol–water partition coefficient (Wildman–Crippen LogP) is 2.21. The van der Waals surface area contributed by atoms with Crippen LogP contribution in [0.2, 0.25) is 10.3 Å². The van der Waals surface area contributed by atoms with E-state index in [1.807, 2.05) is 13.0 Å². The largest absolute Gasteiger partial charge is 0.348 e. The van der Waals surface area contributed by atoms with Crippen LogP contribution in [0.25, 0.3) is 0 Å². The van der Waals surface area contributed by atoms with E-state index in [1.165, 1.54) is 6.07 Å². The Kier molecular flexibility index (Phi) is 5.13. The van der Waals surface area contributed by atoms with Crippen LogP contribution in [0, 0.1) is 11.3 Å². The number of hydrogen-bond acceptors (Lipinski definition) is 4. The summed E-state index contributed by atoms with van der Waals surface area (Å²) in [6, 6.07) is 3.13. The molecule has 0 radical (unpaired) electrons. The Morgan fingerprint density at radius 1 is 1.59 bits per heavy atom. The predicted molar refractivity (Wildman–Crippen MR) is 63.8 cm³/mol. The van der Waals surface area contributed by atoms with E-state index in [-0.39, 0.29) is 28.3 Å². The molecule has 17 heavy (non-hydrogen) atoms. The van der Waals surface area contributed by atoms with Crippen molar-refractivity contribution in [2.75, 3.05) is 0 Å². The zero-order chi connectivity index (χ0) is 12.8. The summed E-state index contributed by atoms with van der Waals surface area (Å²) >= 11 is 11.4. The van der Waals surface area contributed by atoms with Crippen molar-refractivity contribution in [2.45, 2.75) is 25.8 Å². The van der Waals surface area contributed by atoms with Gasteiger partial charge in [-0.3, -0.25) is 4.79 Å². The van der Waals surface area contributed by atoms with Gasteiger partial charge in [-0.1, -0.05) is 30.1 Å². The standard InChI is InChI=1S/C10H10Cl2N4O/c1-2-6(3-4-13)14-10(17)7-5-8(11)15-16-9(7)12/h5-6H,2-3H2,1H3,(H,14,17). The van der Waals surface area contributed by atoms with Gasteiger partial charge in [-0.25, -0.2) is 0 Å². The van der Waals surface area contributed by atoms with Crippen LogP contribution >= 0.6 is 23.2 Å². The van der Waals surface area contributed by atoms with Crippen LogP contribution in [0.5, 0.6) is 0 Å². The number of hydrogen-bond donors (Lipinski definition) is 1. The summed E-state index contributed by atoms with van der Waals surface area (Å²) in [5, 5.41) is 18.4. The number of halogens is 2. The normalized spacial score (nSPS) is 11.6. The zero-order valence-corrected chi connectivity index (χ0v) is 10.6. The first-order valence-electron chi connectivity index (χ1n) is 4.95. The van der Waals surface area contributed by atoms with Gasteiger partial charge in [-0.2, -0.15) is 5.26 Å². The Labute approximate surface area is 109 Å². The highest BCUT2D eigenvalue weighted by Crippen LogP contribution is 2.15. The van der Waals surface area contributed by atoms with Crippen LogP contribution in [-0.4, -0.2) is 22.1 Å². The van der Waals surface area contributed by atoms with Gasteiger partial charge in [0.1, 0.15) is 0 Å². The van der Waals surface area contributed by atoms with Crippen molar-refractivity contribution in [1.82, 2.24) is 15.5 Å². The molecule has 0 aliphatic carbocycles. The third kappa shape index (κ3) is 3.84. The number of amides is 1. The maximum Gasteiger partial charge on any atom is 0.254 e. The first-order valence-corrected chi connectivity index (χ1v) is 5.70. The molecule has 90 valence electrons. The molecule has 5 nitrogen and oxygen atoms in total. The van der Waals surface area contributed by atoms with E-state index in [9.17, 15) is 4.79 Å². The van der Waals surface area contributed by atoms with E-state index in [1.54, 1.807) is 0 Å². The summed E-state index contributed by atoms with van der Waals surface area (Å²) in [5.41, 5.74) is 0.156. The molecule has 0 saturated carbocycles. The van der Waals surface area contributed by atoms with Crippen LogP contribution < -0.4 is 5.32 Å². The van der Waals surface area contributed by atoms with Gasteiger partial charge in [0.15, 0.2) is 10.3 Å². The van der Waals surface area contributed by atoms with Crippen molar-refractivity contribution in [2.24, 2.45) is 0 Å². The van der Waals surface area contributed by atoms with Crippen molar-refractivity contribution < 1.29 is 4.79 Å². The molecule has 0 spiro atoms. The number of nitrogens with one attached hydrogen (secondary N) is 1. The van der Waals surface area contributed by atoms with Crippen LogP contribution in [0.1, 0.15) is 30.1 Å². The SMILES string of the molecule is CCC(CC#N)NC(=O)c1cc(Cl)nnc1Cl. The summed E-state index contributed by atoms with van der Waals surface area (Å²) in [5.74, 6) is -0.408. The molecule has 0 aliphatic rings. The number of nitriles is 1. The first kappa shape index (κ1) is 13.7. The molecular weight excluding hydrogens is 263 g/mol.